The van der Waals surface area contributed by atoms with E-state index < -0.39 is 0 Å². The number of carbonyl (C=O) groups excluding carboxylic acids is 1. The molecule has 1 aliphatic heterocycles. The molecular formula is C23H33Cl2N3O2. The van der Waals surface area contributed by atoms with E-state index in [-0.39, 0.29) is 47.6 Å². The van der Waals surface area contributed by atoms with Gasteiger partial charge in [-0.25, -0.2) is 4.98 Å². The average Bonchev–Trinajstić information content (AvgIpc) is 2.64. The molecule has 1 amide bonds. The zero-order chi connectivity index (χ0) is 20.5. The topological polar surface area (TPSA) is 68.5 Å². The number of hydrogen-bond donors (Lipinski definition) is 1. The number of ether oxygens (including phenoxy) is 1. The Morgan fingerprint density at radius 1 is 1.13 bits per heavy atom. The van der Waals surface area contributed by atoms with Crippen LogP contribution >= 0.6 is 24.8 Å². The molecule has 2 N–H and O–H groups in total. The van der Waals surface area contributed by atoms with Crippen LogP contribution in [0, 0.1) is 5.41 Å². The van der Waals surface area contributed by atoms with Gasteiger partial charge in [0.25, 0.3) is 5.91 Å². The normalized spacial score (nSPS) is 18.1. The van der Waals surface area contributed by atoms with E-state index in [0.29, 0.717) is 24.5 Å². The molecular weight excluding hydrogens is 421 g/mol. The number of likely N-dealkylation sites (tertiary alicyclic amines) is 1. The molecule has 1 unspecified atom stereocenters. The summed E-state index contributed by atoms with van der Waals surface area (Å²) in [7, 11) is 0. The number of halogens is 2. The van der Waals surface area contributed by atoms with Crippen molar-refractivity contribution in [3.63, 3.8) is 0 Å². The Bertz CT molecular complexity index is 831. The molecule has 166 valence electrons. The highest BCUT2D eigenvalue weighted by Gasteiger charge is 2.35. The molecule has 0 bridgehead atoms. The van der Waals surface area contributed by atoms with Crippen molar-refractivity contribution in [1.82, 2.24) is 9.88 Å². The Morgan fingerprint density at radius 2 is 1.77 bits per heavy atom. The Labute approximate surface area is 192 Å². The van der Waals surface area contributed by atoms with E-state index in [2.05, 4.69) is 51.7 Å². The predicted octanol–water partition coefficient (Wildman–Crippen LogP) is 5.21. The number of amides is 1. The van der Waals surface area contributed by atoms with Gasteiger partial charge in [-0.2, -0.15) is 0 Å². The maximum atomic E-state index is 12.8. The zero-order valence-electron chi connectivity index (χ0n) is 18.3. The van der Waals surface area contributed by atoms with Crippen LogP contribution < -0.4 is 10.5 Å². The molecule has 0 aliphatic carbocycles. The lowest BCUT2D eigenvalue weighted by atomic mass is 9.79. The summed E-state index contributed by atoms with van der Waals surface area (Å²) < 4.78 is 5.82. The number of piperidine rings is 1. The third-order valence-corrected chi connectivity index (χ3v) is 5.53. The molecule has 0 saturated carbocycles. The SMILES string of the molecule is CC(C)(C)c1ccc(Oc2ccc(C(=O)N3CCC(N)C(C)(C)C3)cn2)cc1.Cl.Cl. The van der Waals surface area contributed by atoms with E-state index in [1.165, 1.54) is 5.56 Å². The average molecular weight is 454 g/mol. The Kier molecular flexibility index (Phi) is 8.73. The summed E-state index contributed by atoms with van der Waals surface area (Å²) in [6.45, 7) is 12.1. The molecule has 7 heteroatoms. The van der Waals surface area contributed by atoms with Crippen LogP contribution in [-0.4, -0.2) is 34.9 Å². The molecule has 0 radical (unpaired) electrons. The molecule has 2 heterocycles. The lowest BCUT2D eigenvalue weighted by Gasteiger charge is -2.42. The number of nitrogens with two attached hydrogens (primary N) is 1. The fraction of sp³-hybridized carbons (Fsp3) is 0.478. The van der Waals surface area contributed by atoms with E-state index in [1.54, 1.807) is 18.3 Å². The van der Waals surface area contributed by atoms with Crippen molar-refractivity contribution in [2.45, 2.75) is 52.5 Å². The van der Waals surface area contributed by atoms with Gasteiger partial charge in [0.2, 0.25) is 5.88 Å². The fourth-order valence-corrected chi connectivity index (χ4v) is 3.44. The number of benzene rings is 1. The molecule has 0 spiro atoms. The molecule has 1 aliphatic rings. The third-order valence-electron chi connectivity index (χ3n) is 5.53. The molecule has 1 atom stereocenters. The van der Waals surface area contributed by atoms with E-state index in [1.807, 2.05) is 17.0 Å². The van der Waals surface area contributed by atoms with Crippen molar-refractivity contribution in [3.05, 3.63) is 53.7 Å². The quantitative estimate of drug-likeness (QED) is 0.691. The molecule has 1 fully saturated rings. The van der Waals surface area contributed by atoms with Crippen LogP contribution in [-0.2, 0) is 5.41 Å². The lowest BCUT2D eigenvalue weighted by molar-refractivity contribution is 0.0532. The maximum absolute atomic E-state index is 12.8. The van der Waals surface area contributed by atoms with Crippen LogP contribution in [0.3, 0.4) is 0 Å². The second-order valence-electron chi connectivity index (χ2n) is 9.37. The summed E-state index contributed by atoms with van der Waals surface area (Å²) in [5.41, 5.74) is 8.02. The van der Waals surface area contributed by atoms with Gasteiger partial charge in [0, 0.05) is 31.4 Å². The van der Waals surface area contributed by atoms with Crippen LogP contribution in [0.15, 0.2) is 42.6 Å². The second kappa shape index (κ2) is 9.99. The van der Waals surface area contributed by atoms with Crippen LogP contribution in [0.4, 0.5) is 0 Å². The first kappa shape index (κ1) is 26.2. The molecule has 30 heavy (non-hydrogen) atoms. The molecule has 1 aromatic heterocycles. The van der Waals surface area contributed by atoms with Gasteiger partial charge in [0.15, 0.2) is 0 Å². The number of carbonyl (C=O) groups is 1. The smallest absolute Gasteiger partial charge is 0.255 e. The minimum Gasteiger partial charge on any atom is -0.439 e. The minimum absolute atomic E-state index is 0. The van der Waals surface area contributed by atoms with Crippen LogP contribution in [0.5, 0.6) is 11.6 Å². The van der Waals surface area contributed by atoms with Crippen molar-refractivity contribution in [2.24, 2.45) is 11.1 Å². The van der Waals surface area contributed by atoms with E-state index >= 15 is 0 Å². The molecule has 1 aromatic carbocycles. The summed E-state index contributed by atoms with van der Waals surface area (Å²) in [5.74, 6) is 1.20. The van der Waals surface area contributed by atoms with Crippen molar-refractivity contribution in [2.75, 3.05) is 13.1 Å². The van der Waals surface area contributed by atoms with Gasteiger partial charge in [-0.05, 0) is 41.0 Å². The van der Waals surface area contributed by atoms with Gasteiger partial charge in [-0.3, -0.25) is 4.79 Å². The van der Waals surface area contributed by atoms with Gasteiger partial charge in [0.1, 0.15) is 5.75 Å². The predicted molar refractivity (Wildman–Crippen MR) is 126 cm³/mol. The standard InChI is InChI=1S/C23H31N3O2.2ClH/c1-22(2,3)17-7-9-18(10-8-17)28-20-11-6-16(14-25-20)21(27)26-13-12-19(24)23(4,5)15-26;;/h6-11,14,19H,12-13,15,24H2,1-5H3;2*1H. The fourth-order valence-electron chi connectivity index (χ4n) is 3.44. The molecule has 3 rings (SSSR count). The van der Waals surface area contributed by atoms with Gasteiger partial charge < -0.3 is 15.4 Å². The Hall–Kier alpha value is -1.82. The highest BCUT2D eigenvalue weighted by atomic mass is 35.5. The summed E-state index contributed by atoms with van der Waals surface area (Å²) >= 11 is 0. The summed E-state index contributed by atoms with van der Waals surface area (Å²) in [6.07, 6.45) is 2.40. The molecule has 5 nitrogen and oxygen atoms in total. The first-order valence-electron chi connectivity index (χ1n) is 9.85. The van der Waals surface area contributed by atoms with Crippen LogP contribution in [0.2, 0.25) is 0 Å². The van der Waals surface area contributed by atoms with Crippen molar-refractivity contribution in [3.8, 4) is 11.6 Å². The Morgan fingerprint density at radius 3 is 2.27 bits per heavy atom. The number of rotatable bonds is 3. The highest BCUT2D eigenvalue weighted by molar-refractivity contribution is 5.94. The van der Waals surface area contributed by atoms with Gasteiger partial charge in [0.05, 0.1) is 5.56 Å². The first-order valence-corrected chi connectivity index (χ1v) is 9.85. The zero-order valence-corrected chi connectivity index (χ0v) is 20.0. The first-order chi connectivity index (χ1) is 13.1. The number of pyridine rings is 1. The van der Waals surface area contributed by atoms with E-state index in [9.17, 15) is 4.79 Å². The monoisotopic (exact) mass is 453 g/mol. The van der Waals surface area contributed by atoms with Crippen LogP contribution in [0.25, 0.3) is 0 Å². The van der Waals surface area contributed by atoms with E-state index in [4.69, 9.17) is 10.5 Å². The largest absolute Gasteiger partial charge is 0.439 e. The molecule has 1 saturated heterocycles. The van der Waals surface area contributed by atoms with Crippen LogP contribution in [0.1, 0.15) is 57.0 Å². The maximum Gasteiger partial charge on any atom is 0.255 e. The summed E-state index contributed by atoms with van der Waals surface area (Å²) in [4.78, 5) is 19.0. The number of aromatic nitrogens is 1. The number of nitrogens with zero attached hydrogens (tertiary/aromatic N) is 2. The minimum atomic E-state index is -0.0798. The Balaban J connectivity index is 0.00000225. The van der Waals surface area contributed by atoms with Gasteiger partial charge in [-0.15, -0.1) is 24.8 Å². The van der Waals surface area contributed by atoms with Crippen molar-refractivity contribution in [1.29, 1.82) is 0 Å². The third kappa shape index (κ3) is 6.10. The van der Waals surface area contributed by atoms with E-state index in [0.717, 1.165) is 12.2 Å². The summed E-state index contributed by atoms with van der Waals surface area (Å²) in [5, 5.41) is 0. The van der Waals surface area contributed by atoms with Gasteiger partial charge >= 0.3 is 0 Å². The van der Waals surface area contributed by atoms with Gasteiger partial charge in [-0.1, -0.05) is 46.8 Å². The second-order valence-corrected chi connectivity index (χ2v) is 9.37. The highest BCUT2D eigenvalue weighted by Crippen LogP contribution is 2.29. The summed E-state index contributed by atoms with van der Waals surface area (Å²) in [6, 6.07) is 11.7. The van der Waals surface area contributed by atoms with Crippen molar-refractivity contribution < 1.29 is 9.53 Å². The number of hydrogen-bond acceptors (Lipinski definition) is 4. The lowest BCUT2D eigenvalue weighted by Crippen LogP contribution is -2.54. The van der Waals surface area contributed by atoms with Crippen molar-refractivity contribution >= 4 is 30.7 Å². The molecule has 2 aromatic rings.